The molecule has 110 valence electrons. The van der Waals surface area contributed by atoms with Crippen molar-refractivity contribution in [1.82, 2.24) is 10.3 Å². The minimum absolute atomic E-state index is 0.369. The average Bonchev–Trinajstić information content (AvgIpc) is 2.76. The second-order valence-corrected chi connectivity index (χ2v) is 6.48. The van der Waals surface area contributed by atoms with Gasteiger partial charge in [0.25, 0.3) is 0 Å². The molecule has 1 fully saturated rings. The number of hydrogen-bond acceptors (Lipinski definition) is 5. The lowest BCUT2D eigenvalue weighted by Gasteiger charge is -2.46. The molecule has 0 bridgehead atoms. The fourth-order valence-electron chi connectivity index (χ4n) is 3.20. The second kappa shape index (κ2) is 4.41. The molecule has 5 heteroatoms. The van der Waals surface area contributed by atoms with Crippen LogP contribution < -0.4 is 10.2 Å². The van der Waals surface area contributed by atoms with E-state index in [2.05, 4.69) is 23.2 Å². The highest BCUT2D eigenvalue weighted by Gasteiger charge is 2.45. The van der Waals surface area contributed by atoms with Gasteiger partial charge in [-0.2, -0.15) is 0 Å². The van der Waals surface area contributed by atoms with Crippen LogP contribution >= 0.6 is 0 Å². The number of nitrogens with zero attached hydrogens (tertiary/aromatic N) is 2. The molecule has 5 nitrogen and oxygen atoms in total. The van der Waals surface area contributed by atoms with E-state index in [1.165, 1.54) is 5.56 Å². The van der Waals surface area contributed by atoms with Gasteiger partial charge in [0.15, 0.2) is 5.72 Å². The number of hydrogen-bond donors (Lipinski definition) is 2. The van der Waals surface area contributed by atoms with Crippen LogP contribution in [-0.4, -0.2) is 42.1 Å². The number of piperazine rings is 1. The van der Waals surface area contributed by atoms with Crippen LogP contribution in [0.4, 0.5) is 5.82 Å². The van der Waals surface area contributed by atoms with Crippen molar-refractivity contribution in [3.63, 3.8) is 0 Å². The SMILES string of the molecule is CO[C@]1(C)CNC[C@H]2Cc3ccc(C(C)(C)O)nc3N21. The molecule has 3 rings (SSSR count). The molecule has 2 aliphatic heterocycles. The molecule has 2 N–H and O–H groups in total. The van der Waals surface area contributed by atoms with E-state index in [9.17, 15) is 5.11 Å². The van der Waals surface area contributed by atoms with E-state index in [0.717, 1.165) is 25.3 Å². The predicted molar refractivity (Wildman–Crippen MR) is 77.7 cm³/mol. The number of aromatic nitrogens is 1. The van der Waals surface area contributed by atoms with Gasteiger partial charge in [-0.25, -0.2) is 4.98 Å². The van der Waals surface area contributed by atoms with E-state index in [-0.39, 0.29) is 5.72 Å². The van der Waals surface area contributed by atoms with Crippen molar-refractivity contribution in [2.45, 2.75) is 44.6 Å². The van der Waals surface area contributed by atoms with Gasteiger partial charge in [-0.15, -0.1) is 0 Å². The Hall–Kier alpha value is -1.17. The summed E-state index contributed by atoms with van der Waals surface area (Å²) >= 11 is 0. The molecular weight excluding hydrogens is 254 g/mol. The monoisotopic (exact) mass is 277 g/mol. The highest BCUT2D eigenvalue weighted by molar-refractivity contribution is 5.57. The van der Waals surface area contributed by atoms with E-state index >= 15 is 0 Å². The summed E-state index contributed by atoms with van der Waals surface area (Å²) in [7, 11) is 1.74. The molecule has 0 aliphatic carbocycles. The maximum atomic E-state index is 10.2. The molecule has 2 aliphatic rings. The summed E-state index contributed by atoms with van der Waals surface area (Å²) < 4.78 is 5.74. The van der Waals surface area contributed by atoms with Crippen LogP contribution in [0.3, 0.4) is 0 Å². The molecule has 0 amide bonds. The predicted octanol–water partition coefficient (Wildman–Crippen LogP) is 1.01. The lowest BCUT2D eigenvalue weighted by molar-refractivity contribution is -0.0132. The number of methoxy groups -OCH3 is 1. The molecule has 1 saturated heterocycles. The van der Waals surface area contributed by atoms with Crippen LogP contribution in [-0.2, 0) is 16.8 Å². The molecule has 0 spiro atoms. The summed E-state index contributed by atoms with van der Waals surface area (Å²) in [6.45, 7) is 7.32. The van der Waals surface area contributed by atoms with E-state index < -0.39 is 5.60 Å². The molecule has 0 saturated carbocycles. The van der Waals surface area contributed by atoms with Crippen molar-refractivity contribution < 1.29 is 9.84 Å². The van der Waals surface area contributed by atoms with Crippen LogP contribution in [0.1, 0.15) is 32.0 Å². The molecule has 2 atom stereocenters. The van der Waals surface area contributed by atoms with Crippen molar-refractivity contribution in [2.75, 3.05) is 25.1 Å². The zero-order valence-electron chi connectivity index (χ0n) is 12.6. The van der Waals surface area contributed by atoms with Crippen LogP contribution in [0.5, 0.6) is 0 Å². The minimum Gasteiger partial charge on any atom is -0.384 e. The van der Waals surface area contributed by atoms with Crippen molar-refractivity contribution in [3.05, 3.63) is 23.4 Å². The van der Waals surface area contributed by atoms with Gasteiger partial charge < -0.3 is 20.1 Å². The largest absolute Gasteiger partial charge is 0.384 e. The normalized spacial score (nSPS) is 29.2. The van der Waals surface area contributed by atoms with Crippen LogP contribution in [0, 0.1) is 0 Å². The Balaban J connectivity index is 2.06. The van der Waals surface area contributed by atoms with E-state index in [0.29, 0.717) is 11.7 Å². The average molecular weight is 277 g/mol. The van der Waals surface area contributed by atoms with Crippen molar-refractivity contribution in [2.24, 2.45) is 0 Å². The molecule has 0 unspecified atom stereocenters. The van der Waals surface area contributed by atoms with Crippen LogP contribution in [0.15, 0.2) is 12.1 Å². The molecule has 20 heavy (non-hydrogen) atoms. The minimum atomic E-state index is -0.926. The fraction of sp³-hybridized carbons (Fsp3) is 0.667. The van der Waals surface area contributed by atoms with Crippen LogP contribution in [0.2, 0.25) is 0 Å². The summed E-state index contributed by atoms with van der Waals surface area (Å²) in [5, 5.41) is 13.6. The third-order valence-corrected chi connectivity index (χ3v) is 4.41. The first kappa shape index (κ1) is 13.8. The maximum absolute atomic E-state index is 10.2. The van der Waals surface area contributed by atoms with E-state index in [1.807, 2.05) is 6.07 Å². The molecular formula is C15H23N3O2. The lowest BCUT2D eigenvalue weighted by Crippen LogP contribution is -2.64. The van der Waals surface area contributed by atoms with Crippen molar-refractivity contribution >= 4 is 5.82 Å². The summed E-state index contributed by atoms with van der Waals surface area (Å²) in [6.07, 6.45) is 0.973. The van der Waals surface area contributed by atoms with Crippen LogP contribution in [0.25, 0.3) is 0 Å². The summed E-state index contributed by atoms with van der Waals surface area (Å²) in [4.78, 5) is 6.99. The first-order valence-electron chi connectivity index (χ1n) is 7.13. The topological polar surface area (TPSA) is 57.6 Å². The van der Waals surface area contributed by atoms with Gasteiger partial charge in [-0.3, -0.25) is 0 Å². The summed E-state index contributed by atoms with van der Waals surface area (Å²) in [5.41, 5.74) is 0.619. The number of anilines is 1. The molecule has 0 radical (unpaired) electrons. The Morgan fingerprint density at radius 1 is 1.50 bits per heavy atom. The highest BCUT2D eigenvalue weighted by atomic mass is 16.5. The number of aliphatic hydroxyl groups is 1. The quantitative estimate of drug-likeness (QED) is 0.845. The highest BCUT2D eigenvalue weighted by Crippen LogP contribution is 2.39. The number of nitrogens with one attached hydrogen (secondary N) is 1. The number of rotatable bonds is 2. The van der Waals surface area contributed by atoms with Gasteiger partial charge in [0.1, 0.15) is 11.4 Å². The van der Waals surface area contributed by atoms with Gasteiger partial charge >= 0.3 is 0 Å². The van der Waals surface area contributed by atoms with Crippen molar-refractivity contribution in [1.29, 1.82) is 0 Å². The Labute approximate surface area is 120 Å². The first-order chi connectivity index (χ1) is 9.35. The third kappa shape index (κ3) is 2.01. The maximum Gasteiger partial charge on any atom is 0.151 e. The van der Waals surface area contributed by atoms with Gasteiger partial charge in [0.2, 0.25) is 0 Å². The molecule has 1 aromatic heterocycles. The van der Waals surface area contributed by atoms with Gasteiger partial charge in [-0.1, -0.05) is 6.07 Å². The van der Waals surface area contributed by atoms with Crippen molar-refractivity contribution in [3.8, 4) is 0 Å². The second-order valence-electron chi connectivity index (χ2n) is 6.48. The molecule has 0 aromatic carbocycles. The van der Waals surface area contributed by atoms with E-state index in [4.69, 9.17) is 9.72 Å². The third-order valence-electron chi connectivity index (χ3n) is 4.41. The number of ether oxygens (including phenoxy) is 1. The summed E-state index contributed by atoms with van der Waals surface area (Å²) in [6, 6.07) is 4.38. The fourth-order valence-corrected chi connectivity index (χ4v) is 3.20. The van der Waals surface area contributed by atoms with Gasteiger partial charge in [0.05, 0.1) is 5.69 Å². The lowest BCUT2D eigenvalue weighted by atomic mass is 10.0. The van der Waals surface area contributed by atoms with Gasteiger partial charge in [0, 0.05) is 26.2 Å². The number of pyridine rings is 1. The zero-order valence-corrected chi connectivity index (χ0v) is 12.6. The smallest absolute Gasteiger partial charge is 0.151 e. The summed E-state index contributed by atoms with van der Waals surface area (Å²) in [5.74, 6) is 0.959. The first-order valence-corrected chi connectivity index (χ1v) is 7.13. The Kier molecular flexibility index (Phi) is 3.04. The Bertz CT molecular complexity index is 526. The number of fused-ring (bicyclic) bond motifs is 3. The molecule has 3 heterocycles. The van der Waals surface area contributed by atoms with E-state index in [1.54, 1.807) is 21.0 Å². The zero-order chi connectivity index (χ0) is 14.5. The Morgan fingerprint density at radius 2 is 2.25 bits per heavy atom. The molecule has 1 aromatic rings. The standard InChI is InChI=1S/C15H23N3O2/c1-14(2,19)12-6-5-10-7-11-8-16-9-15(3,20-4)18(11)13(10)17-12/h5-6,11,16,19H,7-9H2,1-4H3/t11-,15-/m1/s1. The Morgan fingerprint density at radius 3 is 2.90 bits per heavy atom. The van der Waals surface area contributed by atoms with Gasteiger partial charge in [-0.05, 0) is 38.8 Å².